The van der Waals surface area contributed by atoms with Crippen LogP contribution in [0.5, 0.6) is 0 Å². The standard InChI is InChI=1S/C16H16N2O2/c1-20-15(11-14-9-5-6-10-17-14)16(19)18-12-13-7-3-2-4-8-13/h2-11H,12H2,1H3,(H,18,19)/b15-11+. The average Bonchev–Trinajstić information content (AvgIpc) is 2.52. The highest BCUT2D eigenvalue weighted by atomic mass is 16.5. The third kappa shape index (κ3) is 3.95. The molecule has 0 radical (unpaired) electrons. The third-order valence-corrected chi connectivity index (χ3v) is 2.71. The van der Waals surface area contributed by atoms with E-state index in [0.29, 0.717) is 12.2 Å². The molecule has 1 aromatic heterocycles. The van der Waals surface area contributed by atoms with Gasteiger partial charge in [-0.25, -0.2) is 0 Å². The second-order valence-electron chi connectivity index (χ2n) is 4.14. The Balaban J connectivity index is 2.01. The summed E-state index contributed by atoms with van der Waals surface area (Å²) in [5.74, 6) is -0.0263. The molecular weight excluding hydrogens is 252 g/mol. The highest BCUT2D eigenvalue weighted by Gasteiger charge is 2.09. The molecule has 0 fully saturated rings. The van der Waals surface area contributed by atoms with Crippen LogP contribution in [0.4, 0.5) is 0 Å². The Hall–Kier alpha value is -2.62. The molecular formula is C16H16N2O2. The maximum absolute atomic E-state index is 12.0. The summed E-state index contributed by atoms with van der Waals surface area (Å²) in [5.41, 5.74) is 1.72. The van der Waals surface area contributed by atoms with Crippen molar-refractivity contribution < 1.29 is 9.53 Å². The number of nitrogens with zero attached hydrogens (tertiary/aromatic N) is 1. The van der Waals surface area contributed by atoms with Gasteiger partial charge in [0, 0.05) is 18.8 Å². The first kappa shape index (κ1) is 13.8. The Kier molecular flexibility index (Phi) is 4.89. The van der Waals surface area contributed by atoms with Gasteiger partial charge in [-0.1, -0.05) is 36.4 Å². The average molecular weight is 268 g/mol. The van der Waals surface area contributed by atoms with Crippen LogP contribution in [0.15, 0.2) is 60.5 Å². The van der Waals surface area contributed by atoms with Crippen LogP contribution in [0.1, 0.15) is 11.3 Å². The lowest BCUT2D eigenvalue weighted by molar-refractivity contribution is -0.120. The van der Waals surface area contributed by atoms with Crippen LogP contribution >= 0.6 is 0 Å². The van der Waals surface area contributed by atoms with Gasteiger partial charge in [0.15, 0.2) is 5.76 Å². The Labute approximate surface area is 118 Å². The molecule has 0 saturated carbocycles. The topological polar surface area (TPSA) is 51.2 Å². The molecule has 4 nitrogen and oxygen atoms in total. The third-order valence-electron chi connectivity index (χ3n) is 2.71. The normalized spacial score (nSPS) is 10.9. The fourth-order valence-electron chi connectivity index (χ4n) is 1.68. The van der Waals surface area contributed by atoms with E-state index in [4.69, 9.17) is 4.74 Å². The molecule has 1 heterocycles. The number of hydrogen-bond donors (Lipinski definition) is 1. The predicted octanol–water partition coefficient (Wildman–Crippen LogP) is 2.39. The SMILES string of the molecule is CO/C(=C/c1ccccn1)C(=O)NCc1ccccc1. The number of nitrogens with one attached hydrogen (secondary N) is 1. The minimum atomic E-state index is -0.262. The van der Waals surface area contributed by atoms with Crippen molar-refractivity contribution >= 4 is 12.0 Å². The molecule has 1 aromatic carbocycles. The lowest BCUT2D eigenvalue weighted by Gasteiger charge is -2.08. The van der Waals surface area contributed by atoms with Gasteiger partial charge in [-0.15, -0.1) is 0 Å². The van der Waals surface area contributed by atoms with Crippen LogP contribution < -0.4 is 5.32 Å². The first-order valence-corrected chi connectivity index (χ1v) is 6.28. The first-order chi connectivity index (χ1) is 9.79. The number of benzene rings is 1. The molecule has 0 atom stereocenters. The molecule has 2 rings (SSSR count). The Bertz CT molecular complexity index is 580. The molecule has 1 N–H and O–H groups in total. The highest BCUT2D eigenvalue weighted by Crippen LogP contribution is 2.05. The van der Waals surface area contributed by atoms with Crippen LogP contribution in [0, 0.1) is 0 Å². The summed E-state index contributed by atoms with van der Waals surface area (Å²) in [4.78, 5) is 16.2. The van der Waals surface area contributed by atoms with Crippen LogP contribution in [-0.2, 0) is 16.1 Å². The van der Waals surface area contributed by atoms with E-state index in [1.807, 2.05) is 48.5 Å². The summed E-state index contributed by atoms with van der Waals surface area (Å²) in [7, 11) is 1.47. The van der Waals surface area contributed by atoms with Gasteiger partial charge in [0.25, 0.3) is 5.91 Å². The van der Waals surface area contributed by atoms with Crippen LogP contribution in [0.3, 0.4) is 0 Å². The number of amides is 1. The lowest BCUT2D eigenvalue weighted by atomic mass is 10.2. The van der Waals surface area contributed by atoms with E-state index >= 15 is 0 Å². The van der Waals surface area contributed by atoms with Crippen molar-refractivity contribution in [2.24, 2.45) is 0 Å². The molecule has 0 aliphatic rings. The Morgan fingerprint density at radius 1 is 1.20 bits per heavy atom. The summed E-state index contributed by atoms with van der Waals surface area (Å²) in [6, 6.07) is 15.2. The molecule has 0 unspecified atom stereocenters. The largest absolute Gasteiger partial charge is 0.491 e. The van der Waals surface area contributed by atoms with Gasteiger partial charge >= 0.3 is 0 Å². The number of rotatable bonds is 5. The molecule has 20 heavy (non-hydrogen) atoms. The monoisotopic (exact) mass is 268 g/mol. The number of ether oxygens (including phenoxy) is 1. The first-order valence-electron chi connectivity index (χ1n) is 6.28. The van der Waals surface area contributed by atoms with Gasteiger partial charge in [-0.3, -0.25) is 9.78 Å². The van der Waals surface area contributed by atoms with Crippen molar-refractivity contribution in [3.05, 3.63) is 71.7 Å². The summed E-state index contributed by atoms with van der Waals surface area (Å²) in [5, 5.41) is 2.81. The minimum Gasteiger partial charge on any atom is -0.491 e. The quantitative estimate of drug-likeness (QED) is 0.669. The summed E-state index contributed by atoms with van der Waals surface area (Å²) >= 11 is 0. The molecule has 1 amide bonds. The molecule has 2 aromatic rings. The molecule has 0 aliphatic heterocycles. The number of carbonyl (C=O) groups is 1. The van der Waals surface area contributed by atoms with E-state index in [-0.39, 0.29) is 11.7 Å². The maximum atomic E-state index is 12.0. The summed E-state index contributed by atoms with van der Waals surface area (Å²) in [6.07, 6.45) is 3.28. The van der Waals surface area contributed by atoms with Gasteiger partial charge in [0.1, 0.15) is 0 Å². The fourth-order valence-corrected chi connectivity index (χ4v) is 1.68. The van der Waals surface area contributed by atoms with E-state index in [2.05, 4.69) is 10.3 Å². The fraction of sp³-hybridized carbons (Fsp3) is 0.125. The zero-order chi connectivity index (χ0) is 14.2. The number of aromatic nitrogens is 1. The van der Waals surface area contributed by atoms with Crippen molar-refractivity contribution in [2.45, 2.75) is 6.54 Å². The summed E-state index contributed by atoms with van der Waals surface area (Å²) in [6.45, 7) is 0.461. The molecule has 0 aliphatic carbocycles. The number of pyridine rings is 1. The smallest absolute Gasteiger partial charge is 0.286 e. The van der Waals surface area contributed by atoms with E-state index < -0.39 is 0 Å². The van der Waals surface area contributed by atoms with Crippen molar-refractivity contribution in [3.8, 4) is 0 Å². The van der Waals surface area contributed by atoms with Crippen LogP contribution in [-0.4, -0.2) is 18.0 Å². The maximum Gasteiger partial charge on any atom is 0.286 e. The van der Waals surface area contributed by atoms with E-state index in [0.717, 1.165) is 5.56 Å². The zero-order valence-corrected chi connectivity index (χ0v) is 11.2. The van der Waals surface area contributed by atoms with E-state index in [1.165, 1.54) is 7.11 Å². The van der Waals surface area contributed by atoms with Gasteiger partial charge in [0.2, 0.25) is 0 Å². The molecule has 4 heteroatoms. The predicted molar refractivity (Wildman–Crippen MR) is 77.5 cm³/mol. The molecule has 0 saturated heterocycles. The van der Waals surface area contributed by atoms with Crippen molar-refractivity contribution in [1.29, 1.82) is 0 Å². The molecule has 0 bridgehead atoms. The number of carbonyl (C=O) groups excluding carboxylic acids is 1. The van der Waals surface area contributed by atoms with Gasteiger partial charge in [-0.05, 0) is 17.7 Å². The molecule has 0 spiro atoms. The van der Waals surface area contributed by atoms with Crippen molar-refractivity contribution in [2.75, 3.05) is 7.11 Å². The van der Waals surface area contributed by atoms with Gasteiger partial charge < -0.3 is 10.1 Å². The highest BCUT2D eigenvalue weighted by molar-refractivity contribution is 5.95. The second kappa shape index (κ2) is 7.09. The molecule has 102 valence electrons. The van der Waals surface area contributed by atoms with Crippen molar-refractivity contribution in [1.82, 2.24) is 10.3 Å². The summed E-state index contributed by atoms with van der Waals surface area (Å²) < 4.78 is 5.11. The van der Waals surface area contributed by atoms with E-state index in [1.54, 1.807) is 12.3 Å². The second-order valence-corrected chi connectivity index (χ2v) is 4.14. The van der Waals surface area contributed by atoms with Crippen molar-refractivity contribution in [3.63, 3.8) is 0 Å². The van der Waals surface area contributed by atoms with Crippen LogP contribution in [0.25, 0.3) is 6.08 Å². The number of hydrogen-bond acceptors (Lipinski definition) is 3. The Morgan fingerprint density at radius 3 is 2.60 bits per heavy atom. The van der Waals surface area contributed by atoms with Crippen LogP contribution in [0.2, 0.25) is 0 Å². The lowest BCUT2D eigenvalue weighted by Crippen LogP contribution is -2.25. The number of methoxy groups -OCH3 is 1. The van der Waals surface area contributed by atoms with Gasteiger partial charge in [0.05, 0.1) is 12.8 Å². The minimum absolute atomic E-state index is 0.236. The van der Waals surface area contributed by atoms with E-state index in [9.17, 15) is 4.79 Å². The zero-order valence-electron chi connectivity index (χ0n) is 11.2. The Morgan fingerprint density at radius 2 is 1.95 bits per heavy atom. The van der Waals surface area contributed by atoms with Gasteiger partial charge in [-0.2, -0.15) is 0 Å².